The molecular weight excluding hydrogens is 402 g/mol. The fraction of sp³-hybridized carbons (Fsp3) is 0. The number of amides is 1. The largest absolute Gasteiger partial charge is 0.322 e. The van der Waals surface area contributed by atoms with E-state index in [-0.39, 0.29) is 5.91 Å². The van der Waals surface area contributed by atoms with E-state index in [2.05, 4.69) is 10.3 Å². The van der Waals surface area contributed by atoms with Crippen LogP contribution in [0.25, 0.3) is 27.9 Å². The molecule has 0 aliphatic heterocycles. The van der Waals surface area contributed by atoms with Gasteiger partial charge in [-0.3, -0.25) is 9.78 Å². The number of rotatable bonds is 5. The summed E-state index contributed by atoms with van der Waals surface area (Å²) in [5.74, 6) is -0.212. The van der Waals surface area contributed by atoms with Gasteiger partial charge in [-0.2, -0.15) is 0 Å². The van der Waals surface area contributed by atoms with Crippen molar-refractivity contribution in [2.24, 2.45) is 0 Å². The summed E-state index contributed by atoms with van der Waals surface area (Å²) in [6.45, 7) is 0. The molecule has 0 aliphatic carbocycles. The molecule has 0 atom stereocenters. The number of benzene rings is 2. The third-order valence-corrected chi connectivity index (χ3v) is 5.24. The fourth-order valence-corrected chi connectivity index (χ4v) is 3.77. The number of carbonyl (C=O) groups excluding carboxylic acids is 1. The third kappa shape index (κ3) is 4.96. The molecule has 0 radical (unpaired) electrons. The molecule has 0 fully saturated rings. The van der Waals surface area contributed by atoms with Gasteiger partial charge in [0.15, 0.2) is 0 Å². The Bertz CT molecular complexity index is 1170. The Morgan fingerprint density at radius 2 is 1.90 bits per heavy atom. The maximum atomic E-state index is 12.3. The first-order valence-corrected chi connectivity index (χ1v) is 10.1. The van der Waals surface area contributed by atoms with Gasteiger partial charge in [0.1, 0.15) is 5.01 Å². The molecule has 6 heteroatoms. The minimum absolute atomic E-state index is 0.212. The molecule has 0 saturated heterocycles. The number of nitrogens with one attached hydrogen (secondary N) is 1. The molecule has 142 valence electrons. The van der Waals surface area contributed by atoms with Crippen molar-refractivity contribution in [2.75, 3.05) is 5.32 Å². The highest BCUT2D eigenvalue weighted by Crippen LogP contribution is 2.29. The number of aromatic nitrogens is 2. The first-order valence-electron chi connectivity index (χ1n) is 8.88. The zero-order valence-corrected chi connectivity index (χ0v) is 16.8. The predicted octanol–water partition coefficient (Wildman–Crippen LogP) is 6.18. The summed E-state index contributed by atoms with van der Waals surface area (Å²) in [5, 5.41) is 6.43. The molecule has 4 nitrogen and oxygen atoms in total. The van der Waals surface area contributed by atoms with Crippen molar-refractivity contribution < 1.29 is 4.79 Å². The van der Waals surface area contributed by atoms with Gasteiger partial charge in [-0.05, 0) is 48.0 Å². The summed E-state index contributed by atoms with van der Waals surface area (Å²) in [7, 11) is 0. The Morgan fingerprint density at radius 3 is 2.72 bits per heavy atom. The molecule has 0 bridgehead atoms. The first-order chi connectivity index (χ1) is 14.2. The highest BCUT2D eigenvalue weighted by molar-refractivity contribution is 7.13. The number of carbonyl (C=O) groups is 1. The molecule has 2 heterocycles. The smallest absolute Gasteiger partial charge is 0.248 e. The van der Waals surface area contributed by atoms with Crippen molar-refractivity contribution in [2.45, 2.75) is 0 Å². The normalized spacial score (nSPS) is 10.9. The van der Waals surface area contributed by atoms with E-state index in [1.165, 1.54) is 6.08 Å². The van der Waals surface area contributed by atoms with Gasteiger partial charge >= 0.3 is 0 Å². The van der Waals surface area contributed by atoms with Crippen LogP contribution in [-0.2, 0) is 4.79 Å². The monoisotopic (exact) mass is 417 g/mol. The second-order valence-corrected chi connectivity index (χ2v) is 7.53. The van der Waals surface area contributed by atoms with E-state index < -0.39 is 0 Å². The van der Waals surface area contributed by atoms with Gasteiger partial charge in [0.05, 0.1) is 5.69 Å². The second-order valence-electron chi connectivity index (χ2n) is 6.24. The average Bonchev–Trinajstić information content (AvgIpc) is 3.24. The molecule has 1 N–H and O–H groups in total. The quantitative estimate of drug-likeness (QED) is 0.394. The third-order valence-electron chi connectivity index (χ3n) is 4.11. The zero-order chi connectivity index (χ0) is 20.1. The molecule has 29 heavy (non-hydrogen) atoms. The van der Waals surface area contributed by atoms with E-state index in [9.17, 15) is 4.79 Å². The van der Waals surface area contributed by atoms with E-state index in [4.69, 9.17) is 16.6 Å². The van der Waals surface area contributed by atoms with Crippen LogP contribution in [0.3, 0.4) is 0 Å². The summed E-state index contributed by atoms with van der Waals surface area (Å²) in [6, 6.07) is 18.8. The number of hydrogen-bond donors (Lipinski definition) is 1. The molecule has 0 unspecified atom stereocenters. The van der Waals surface area contributed by atoms with Crippen LogP contribution in [0.5, 0.6) is 0 Å². The molecule has 4 rings (SSSR count). The van der Waals surface area contributed by atoms with Crippen molar-refractivity contribution >= 4 is 40.6 Å². The maximum Gasteiger partial charge on any atom is 0.248 e. The van der Waals surface area contributed by atoms with E-state index in [0.717, 1.165) is 27.4 Å². The van der Waals surface area contributed by atoms with Crippen molar-refractivity contribution in [3.63, 3.8) is 0 Å². The van der Waals surface area contributed by atoms with Crippen LogP contribution in [-0.4, -0.2) is 15.9 Å². The highest BCUT2D eigenvalue weighted by Gasteiger charge is 2.08. The lowest BCUT2D eigenvalue weighted by Gasteiger charge is -2.04. The average molecular weight is 418 g/mol. The van der Waals surface area contributed by atoms with E-state index >= 15 is 0 Å². The van der Waals surface area contributed by atoms with Crippen molar-refractivity contribution in [3.8, 4) is 21.8 Å². The number of thiazole rings is 1. The van der Waals surface area contributed by atoms with Crippen molar-refractivity contribution in [3.05, 3.63) is 95.1 Å². The van der Waals surface area contributed by atoms with Crippen molar-refractivity contribution in [1.29, 1.82) is 0 Å². The van der Waals surface area contributed by atoms with Gasteiger partial charge in [0.2, 0.25) is 5.91 Å². The van der Waals surface area contributed by atoms with Crippen LogP contribution < -0.4 is 5.32 Å². The van der Waals surface area contributed by atoms with Crippen molar-refractivity contribution in [1.82, 2.24) is 9.97 Å². The molecule has 1 amide bonds. The minimum Gasteiger partial charge on any atom is -0.322 e. The summed E-state index contributed by atoms with van der Waals surface area (Å²) in [6.07, 6.45) is 6.75. The molecule has 4 aromatic rings. The molecule has 0 spiro atoms. The van der Waals surface area contributed by atoms with E-state index in [0.29, 0.717) is 10.7 Å². The van der Waals surface area contributed by atoms with Crippen LogP contribution in [0.15, 0.2) is 84.5 Å². The predicted molar refractivity (Wildman–Crippen MR) is 120 cm³/mol. The second kappa shape index (κ2) is 8.82. The summed E-state index contributed by atoms with van der Waals surface area (Å²) in [4.78, 5) is 21.1. The standard InChI is InChI=1S/C23H16ClN3OS/c24-19-7-1-4-16(12-19)9-10-22(28)26-20-8-2-5-17(13-20)21-15-29-23(27-21)18-6-3-11-25-14-18/h1-15H,(H,26,28)/b10-9+. The van der Waals surface area contributed by atoms with E-state index in [1.54, 1.807) is 41.9 Å². The van der Waals surface area contributed by atoms with Crippen LogP contribution in [0.4, 0.5) is 5.69 Å². The zero-order valence-electron chi connectivity index (χ0n) is 15.2. The van der Waals surface area contributed by atoms with Crippen LogP contribution in [0, 0.1) is 0 Å². The lowest BCUT2D eigenvalue weighted by atomic mass is 10.1. The van der Waals surface area contributed by atoms with E-state index in [1.807, 2.05) is 53.9 Å². The Kier molecular flexibility index (Phi) is 5.79. The molecular formula is C23H16ClN3OS. The molecule has 0 aliphatic rings. The highest BCUT2D eigenvalue weighted by atomic mass is 35.5. The topological polar surface area (TPSA) is 54.9 Å². The van der Waals surface area contributed by atoms with Crippen LogP contribution in [0.1, 0.15) is 5.56 Å². The lowest BCUT2D eigenvalue weighted by Crippen LogP contribution is -2.07. The molecule has 0 saturated carbocycles. The Balaban J connectivity index is 1.48. The Hall–Kier alpha value is -3.28. The molecule has 2 aromatic heterocycles. The maximum absolute atomic E-state index is 12.3. The summed E-state index contributed by atoms with van der Waals surface area (Å²) in [5.41, 5.74) is 4.36. The number of hydrogen-bond acceptors (Lipinski definition) is 4. The summed E-state index contributed by atoms with van der Waals surface area (Å²) < 4.78 is 0. The Morgan fingerprint density at radius 1 is 1.03 bits per heavy atom. The van der Waals surface area contributed by atoms with Gasteiger partial charge in [-0.1, -0.05) is 35.9 Å². The number of anilines is 1. The van der Waals surface area contributed by atoms with Gasteiger partial charge in [0.25, 0.3) is 0 Å². The molecule has 2 aromatic carbocycles. The van der Waals surface area contributed by atoms with Gasteiger partial charge in [-0.25, -0.2) is 4.98 Å². The van der Waals surface area contributed by atoms with Gasteiger partial charge in [0, 0.05) is 45.7 Å². The van der Waals surface area contributed by atoms with Crippen LogP contribution in [0.2, 0.25) is 5.02 Å². The van der Waals surface area contributed by atoms with Gasteiger partial charge in [-0.15, -0.1) is 11.3 Å². The SMILES string of the molecule is O=C(/C=C/c1cccc(Cl)c1)Nc1cccc(-c2csc(-c3cccnc3)n2)c1. The van der Waals surface area contributed by atoms with Gasteiger partial charge < -0.3 is 5.32 Å². The minimum atomic E-state index is -0.212. The summed E-state index contributed by atoms with van der Waals surface area (Å²) >= 11 is 7.53. The fourth-order valence-electron chi connectivity index (χ4n) is 2.75. The lowest BCUT2D eigenvalue weighted by molar-refractivity contribution is -0.111. The van der Waals surface area contributed by atoms with Crippen LogP contribution >= 0.6 is 22.9 Å². The first kappa shape index (κ1) is 19.1. The Labute approximate surface area is 177 Å². The number of nitrogens with zero attached hydrogens (tertiary/aromatic N) is 2. The number of pyridine rings is 1. The number of halogens is 1.